The molecule has 29 heavy (non-hydrogen) atoms. The van der Waals surface area contributed by atoms with E-state index < -0.39 is 22.0 Å². The largest absolute Gasteiger partial charge is 0.497 e. The highest BCUT2D eigenvalue weighted by molar-refractivity contribution is 7.92. The molecule has 2 atom stereocenters. The van der Waals surface area contributed by atoms with Crippen LogP contribution in [0.4, 0.5) is 5.69 Å². The van der Waals surface area contributed by atoms with Crippen LogP contribution in [-0.4, -0.2) is 53.0 Å². The third-order valence-electron chi connectivity index (χ3n) is 4.49. The lowest BCUT2D eigenvalue weighted by Crippen LogP contribution is -2.50. The Morgan fingerprint density at radius 3 is 2.48 bits per heavy atom. The normalized spacial score (nSPS) is 16.6. The number of carbonyl (C=O) groups excluding carboxylic acids is 1. The minimum Gasteiger partial charge on any atom is -0.497 e. The SMILES string of the molecule is COc1ccc(N([C@H](C)C(=O)NC[C@H]2COc3ccccc3O2)S(C)(=O)=O)cc1. The van der Waals surface area contributed by atoms with E-state index >= 15 is 0 Å². The van der Waals surface area contributed by atoms with Gasteiger partial charge >= 0.3 is 0 Å². The second kappa shape index (κ2) is 8.60. The van der Waals surface area contributed by atoms with Gasteiger partial charge in [0.05, 0.1) is 25.6 Å². The highest BCUT2D eigenvalue weighted by Gasteiger charge is 2.30. The summed E-state index contributed by atoms with van der Waals surface area (Å²) in [7, 11) is -2.17. The number of hydrogen-bond donors (Lipinski definition) is 1. The molecule has 0 spiro atoms. The predicted octanol–water partition coefficient (Wildman–Crippen LogP) is 1.81. The molecule has 156 valence electrons. The number of para-hydroxylation sites is 2. The Morgan fingerprint density at radius 2 is 1.86 bits per heavy atom. The quantitative estimate of drug-likeness (QED) is 0.734. The number of nitrogens with zero attached hydrogens (tertiary/aromatic N) is 1. The van der Waals surface area contributed by atoms with E-state index in [1.54, 1.807) is 30.3 Å². The zero-order valence-electron chi connectivity index (χ0n) is 16.5. The molecule has 1 aliphatic heterocycles. The number of ether oxygens (including phenoxy) is 3. The van der Waals surface area contributed by atoms with Gasteiger partial charge in [0.15, 0.2) is 11.5 Å². The van der Waals surface area contributed by atoms with Gasteiger partial charge in [0, 0.05) is 0 Å². The van der Waals surface area contributed by atoms with Crippen molar-refractivity contribution < 1.29 is 27.4 Å². The van der Waals surface area contributed by atoms with E-state index in [9.17, 15) is 13.2 Å². The first kappa shape index (κ1) is 20.8. The second-order valence-electron chi connectivity index (χ2n) is 6.68. The number of benzene rings is 2. The summed E-state index contributed by atoms with van der Waals surface area (Å²) in [6, 6.07) is 12.8. The lowest BCUT2D eigenvalue weighted by Gasteiger charge is -2.30. The lowest BCUT2D eigenvalue weighted by molar-refractivity contribution is -0.122. The molecule has 2 aromatic rings. The fourth-order valence-electron chi connectivity index (χ4n) is 3.06. The first-order valence-electron chi connectivity index (χ1n) is 9.09. The molecule has 0 aliphatic carbocycles. The highest BCUT2D eigenvalue weighted by Crippen LogP contribution is 2.30. The van der Waals surface area contributed by atoms with E-state index in [4.69, 9.17) is 14.2 Å². The molecule has 9 heteroatoms. The molecule has 0 saturated carbocycles. The second-order valence-corrected chi connectivity index (χ2v) is 8.53. The summed E-state index contributed by atoms with van der Waals surface area (Å²) in [5.41, 5.74) is 0.377. The first-order valence-corrected chi connectivity index (χ1v) is 10.9. The maximum Gasteiger partial charge on any atom is 0.243 e. The number of nitrogens with one attached hydrogen (secondary N) is 1. The van der Waals surface area contributed by atoms with Gasteiger partial charge in [-0.1, -0.05) is 12.1 Å². The Bertz CT molecular complexity index is 961. The maximum atomic E-state index is 12.7. The van der Waals surface area contributed by atoms with Crippen LogP contribution < -0.4 is 23.8 Å². The van der Waals surface area contributed by atoms with Gasteiger partial charge in [0.2, 0.25) is 15.9 Å². The molecule has 8 nitrogen and oxygen atoms in total. The fraction of sp³-hybridized carbons (Fsp3) is 0.350. The van der Waals surface area contributed by atoms with Gasteiger partial charge in [-0.2, -0.15) is 0 Å². The van der Waals surface area contributed by atoms with Crippen LogP contribution in [0, 0.1) is 0 Å². The van der Waals surface area contributed by atoms with Crippen LogP contribution in [0.2, 0.25) is 0 Å². The van der Waals surface area contributed by atoms with Gasteiger partial charge in [-0.15, -0.1) is 0 Å². The van der Waals surface area contributed by atoms with Crippen LogP contribution in [-0.2, 0) is 14.8 Å². The molecule has 0 aromatic heterocycles. The number of anilines is 1. The number of fused-ring (bicyclic) bond motifs is 1. The van der Waals surface area contributed by atoms with Crippen molar-refractivity contribution in [1.82, 2.24) is 5.32 Å². The van der Waals surface area contributed by atoms with E-state index in [2.05, 4.69) is 5.32 Å². The van der Waals surface area contributed by atoms with Gasteiger partial charge in [-0.3, -0.25) is 9.10 Å². The van der Waals surface area contributed by atoms with Crippen molar-refractivity contribution in [2.24, 2.45) is 0 Å². The number of rotatable bonds is 7. The number of methoxy groups -OCH3 is 1. The lowest BCUT2D eigenvalue weighted by atomic mass is 10.2. The molecule has 0 unspecified atom stereocenters. The van der Waals surface area contributed by atoms with Gasteiger partial charge in [0.1, 0.15) is 24.5 Å². The van der Waals surface area contributed by atoms with Crippen LogP contribution in [0.3, 0.4) is 0 Å². The molecule has 1 amide bonds. The molecule has 1 heterocycles. The van der Waals surface area contributed by atoms with Crippen molar-refractivity contribution in [2.45, 2.75) is 19.1 Å². The molecular formula is C20H24N2O6S. The van der Waals surface area contributed by atoms with Crippen molar-refractivity contribution in [3.8, 4) is 17.2 Å². The topological polar surface area (TPSA) is 94.2 Å². The molecule has 0 fully saturated rings. The zero-order valence-corrected chi connectivity index (χ0v) is 17.3. The fourth-order valence-corrected chi connectivity index (χ4v) is 4.24. The third kappa shape index (κ3) is 4.92. The molecular weight excluding hydrogens is 396 g/mol. The summed E-state index contributed by atoms with van der Waals surface area (Å²) in [6.45, 7) is 2.02. The van der Waals surface area contributed by atoms with E-state index in [-0.39, 0.29) is 12.6 Å². The van der Waals surface area contributed by atoms with Crippen molar-refractivity contribution in [3.05, 3.63) is 48.5 Å². The van der Waals surface area contributed by atoms with Gasteiger partial charge in [-0.05, 0) is 43.3 Å². The predicted molar refractivity (Wildman–Crippen MR) is 109 cm³/mol. The summed E-state index contributed by atoms with van der Waals surface area (Å²) in [4.78, 5) is 12.7. The van der Waals surface area contributed by atoms with Crippen molar-refractivity contribution in [2.75, 3.05) is 30.8 Å². The monoisotopic (exact) mass is 420 g/mol. The summed E-state index contributed by atoms with van der Waals surface area (Å²) in [6.07, 6.45) is 0.699. The smallest absolute Gasteiger partial charge is 0.243 e. The molecule has 0 radical (unpaired) electrons. The van der Waals surface area contributed by atoms with Crippen molar-refractivity contribution in [3.63, 3.8) is 0 Å². The van der Waals surface area contributed by atoms with E-state index in [0.717, 1.165) is 10.6 Å². The van der Waals surface area contributed by atoms with Crippen LogP contribution in [0.1, 0.15) is 6.92 Å². The number of hydrogen-bond acceptors (Lipinski definition) is 6. The van der Waals surface area contributed by atoms with Crippen molar-refractivity contribution >= 4 is 21.6 Å². The average Bonchev–Trinajstić information content (AvgIpc) is 2.71. The Kier molecular flexibility index (Phi) is 6.17. The van der Waals surface area contributed by atoms with Crippen molar-refractivity contribution in [1.29, 1.82) is 0 Å². The first-order chi connectivity index (χ1) is 13.8. The Hall–Kier alpha value is -2.94. The maximum absolute atomic E-state index is 12.7. The summed E-state index contributed by atoms with van der Waals surface area (Å²) in [5.74, 6) is 1.43. The van der Waals surface area contributed by atoms with Gasteiger partial charge < -0.3 is 19.5 Å². The average molecular weight is 420 g/mol. The number of amides is 1. The third-order valence-corrected chi connectivity index (χ3v) is 5.73. The van der Waals surface area contributed by atoms with E-state index in [1.165, 1.54) is 14.0 Å². The Labute approximate surface area is 170 Å². The molecule has 1 N–H and O–H groups in total. The molecule has 0 bridgehead atoms. The molecule has 3 rings (SSSR count). The van der Waals surface area contributed by atoms with E-state index in [1.807, 2.05) is 18.2 Å². The van der Waals surface area contributed by atoms with Gasteiger partial charge in [-0.25, -0.2) is 8.42 Å². The number of sulfonamides is 1. The van der Waals surface area contributed by atoms with E-state index in [0.29, 0.717) is 29.5 Å². The van der Waals surface area contributed by atoms with Crippen LogP contribution in [0.15, 0.2) is 48.5 Å². The minimum absolute atomic E-state index is 0.192. The summed E-state index contributed by atoms with van der Waals surface area (Å²) < 4.78 is 42.3. The summed E-state index contributed by atoms with van der Waals surface area (Å²) in [5, 5.41) is 2.75. The Balaban J connectivity index is 1.66. The molecule has 2 aromatic carbocycles. The van der Waals surface area contributed by atoms with Gasteiger partial charge in [0.25, 0.3) is 0 Å². The standard InChI is InChI=1S/C20H24N2O6S/c1-14(22(29(3,24)25)15-8-10-16(26-2)11-9-15)20(23)21-12-17-13-27-18-6-4-5-7-19(18)28-17/h4-11,14,17H,12-13H2,1-3H3,(H,21,23)/t14-,17+/m1/s1. The Morgan fingerprint density at radius 1 is 1.21 bits per heavy atom. The molecule has 1 aliphatic rings. The van der Waals surface area contributed by atoms with Crippen LogP contribution >= 0.6 is 0 Å². The van der Waals surface area contributed by atoms with Crippen LogP contribution in [0.25, 0.3) is 0 Å². The van der Waals surface area contributed by atoms with Crippen LogP contribution in [0.5, 0.6) is 17.2 Å². The molecule has 0 saturated heterocycles. The summed E-state index contributed by atoms with van der Waals surface area (Å²) >= 11 is 0. The zero-order chi connectivity index (χ0) is 21.0. The number of carbonyl (C=O) groups is 1. The highest BCUT2D eigenvalue weighted by atomic mass is 32.2. The minimum atomic E-state index is -3.69.